The van der Waals surface area contributed by atoms with Crippen LogP contribution in [0, 0.1) is 0 Å². The molecule has 1 heterocycles. The Hall–Kier alpha value is -2.95. The van der Waals surface area contributed by atoms with Crippen molar-refractivity contribution < 1.29 is 14.3 Å². The quantitative estimate of drug-likeness (QED) is 0.803. The summed E-state index contributed by atoms with van der Waals surface area (Å²) in [5, 5.41) is 3.83. The molecule has 0 bridgehead atoms. The van der Waals surface area contributed by atoms with Gasteiger partial charge in [-0.15, -0.1) is 0 Å². The molecule has 0 saturated carbocycles. The third-order valence-electron chi connectivity index (χ3n) is 3.81. The molecule has 0 unspecified atom stereocenters. The third kappa shape index (κ3) is 2.73. The number of aromatic nitrogens is 1. The molecule has 0 atom stereocenters. The van der Waals surface area contributed by atoms with E-state index in [9.17, 15) is 4.79 Å². The van der Waals surface area contributed by atoms with Crippen molar-refractivity contribution in [3.8, 4) is 11.5 Å². The molecule has 3 aromatic rings. The number of benzene rings is 2. The van der Waals surface area contributed by atoms with Crippen LogP contribution in [0.3, 0.4) is 0 Å². The second-order valence-corrected chi connectivity index (χ2v) is 5.19. The van der Waals surface area contributed by atoms with E-state index >= 15 is 0 Å². The molecule has 0 spiro atoms. The molecule has 5 heteroatoms. The zero-order valence-corrected chi connectivity index (χ0v) is 13.3. The van der Waals surface area contributed by atoms with E-state index in [2.05, 4.69) is 5.32 Å². The number of nitrogens with zero attached hydrogens (tertiary/aromatic N) is 1. The molecular formula is C18H18N2O3. The van der Waals surface area contributed by atoms with E-state index < -0.39 is 0 Å². The number of fused-ring (bicyclic) bond motifs is 1. The van der Waals surface area contributed by atoms with Gasteiger partial charge in [-0.1, -0.05) is 6.07 Å². The predicted octanol–water partition coefficient (Wildman–Crippen LogP) is 3.45. The Morgan fingerprint density at radius 2 is 1.83 bits per heavy atom. The maximum atomic E-state index is 12.6. The van der Waals surface area contributed by atoms with Crippen molar-refractivity contribution in [2.45, 2.75) is 0 Å². The number of aryl methyl sites for hydroxylation is 1. The Morgan fingerprint density at radius 3 is 2.57 bits per heavy atom. The van der Waals surface area contributed by atoms with Crippen LogP contribution in [-0.2, 0) is 7.05 Å². The lowest BCUT2D eigenvalue weighted by Gasteiger charge is -2.11. The fraction of sp³-hybridized carbons (Fsp3) is 0.167. The van der Waals surface area contributed by atoms with Crippen molar-refractivity contribution in [2.24, 2.45) is 7.05 Å². The number of ether oxygens (including phenoxy) is 2. The minimum atomic E-state index is -0.158. The summed E-state index contributed by atoms with van der Waals surface area (Å²) >= 11 is 0. The second kappa shape index (κ2) is 6.04. The van der Waals surface area contributed by atoms with E-state index in [0.29, 0.717) is 22.7 Å². The van der Waals surface area contributed by atoms with Crippen LogP contribution in [0.4, 0.5) is 5.69 Å². The van der Waals surface area contributed by atoms with E-state index in [1.807, 2.05) is 42.1 Å². The summed E-state index contributed by atoms with van der Waals surface area (Å²) in [6.45, 7) is 0. The molecule has 0 aliphatic heterocycles. The number of anilines is 1. The van der Waals surface area contributed by atoms with Gasteiger partial charge in [-0.05, 0) is 30.3 Å². The molecular weight excluding hydrogens is 292 g/mol. The van der Waals surface area contributed by atoms with Crippen LogP contribution < -0.4 is 14.8 Å². The van der Waals surface area contributed by atoms with Gasteiger partial charge in [0.2, 0.25) is 0 Å². The van der Waals surface area contributed by atoms with Crippen molar-refractivity contribution in [1.82, 2.24) is 4.57 Å². The van der Waals surface area contributed by atoms with E-state index in [4.69, 9.17) is 9.47 Å². The Labute approximate surface area is 134 Å². The standard InChI is InChI=1S/C18H18N2O3/c1-20-10-9-13-14(5-4-6-15(13)20)18(21)19-12-7-8-16(22-2)17(11-12)23-3/h4-11H,1-3H3,(H,19,21). The van der Waals surface area contributed by atoms with Crippen molar-refractivity contribution in [2.75, 3.05) is 19.5 Å². The van der Waals surface area contributed by atoms with Crippen LogP contribution in [-0.4, -0.2) is 24.7 Å². The summed E-state index contributed by atoms with van der Waals surface area (Å²) in [4.78, 5) is 12.6. The Morgan fingerprint density at radius 1 is 1.04 bits per heavy atom. The van der Waals surface area contributed by atoms with Crippen molar-refractivity contribution in [1.29, 1.82) is 0 Å². The molecule has 5 nitrogen and oxygen atoms in total. The van der Waals surface area contributed by atoms with Gasteiger partial charge in [0.1, 0.15) is 0 Å². The van der Waals surface area contributed by atoms with Crippen LogP contribution in [0.15, 0.2) is 48.7 Å². The smallest absolute Gasteiger partial charge is 0.256 e. The maximum Gasteiger partial charge on any atom is 0.256 e. The highest BCUT2D eigenvalue weighted by Crippen LogP contribution is 2.30. The average Bonchev–Trinajstić information content (AvgIpc) is 2.96. The molecule has 0 aliphatic rings. The lowest BCUT2D eigenvalue weighted by Crippen LogP contribution is -2.12. The monoisotopic (exact) mass is 310 g/mol. The lowest BCUT2D eigenvalue weighted by molar-refractivity contribution is 0.102. The number of nitrogens with one attached hydrogen (secondary N) is 1. The highest BCUT2D eigenvalue weighted by molar-refractivity contribution is 6.12. The molecule has 0 fully saturated rings. The fourth-order valence-corrected chi connectivity index (χ4v) is 2.61. The predicted molar refractivity (Wildman–Crippen MR) is 90.4 cm³/mol. The van der Waals surface area contributed by atoms with Crippen molar-refractivity contribution >= 4 is 22.5 Å². The number of methoxy groups -OCH3 is 2. The van der Waals surface area contributed by atoms with Gasteiger partial charge < -0.3 is 19.4 Å². The summed E-state index contributed by atoms with van der Waals surface area (Å²) < 4.78 is 12.4. The zero-order chi connectivity index (χ0) is 16.4. The maximum absolute atomic E-state index is 12.6. The van der Waals surface area contributed by atoms with Crippen LogP contribution in [0.1, 0.15) is 10.4 Å². The zero-order valence-electron chi connectivity index (χ0n) is 13.3. The first-order valence-electron chi connectivity index (χ1n) is 7.21. The average molecular weight is 310 g/mol. The second-order valence-electron chi connectivity index (χ2n) is 5.19. The molecule has 1 aromatic heterocycles. The molecule has 0 radical (unpaired) electrons. The normalized spacial score (nSPS) is 10.6. The minimum absolute atomic E-state index is 0.158. The molecule has 1 N–H and O–H groups in total. The highest BCUT2D eigenvalue weighted by Gasteiger charge is 2.13. The molecule has 23 heavy (non-hydrogen) atoms. The van der Waals surface area contributed by atoms with Crippen LogP contribution in [0.5, 0.6) is 11.5 Å². The number of amides is 1. The Bertz CT molecular complexity index is 868. The van der Waals surface area contributed by atoms with Crippen molar-refractivity contribution in [3.63, 3.8) is 0 Å². The summed E-state index contributed by atoms with van der Waals surface area (Å²) in [7, 11) is 5.10. The van der Waals surface area contributed by atoms with Gasteiger partial charge in [0.15, 0.2) is 11.5 Å². The van der Waals surface area contributed by atoms with E-state index in [1.54, 1.807) is 32.4 Å². The number of rotatable bonds is 4. The van der Waals surface area contributed by atoms with Crippen LogP contribution >= 0.6 is 0 Å². The number of hydrogen-bond donors (Lipinski definition) is 1. The van der Waals surface area contributed by atoms with E-state index in [1.165, 1.54) is 0 Å². The molecule has 118 valence electrons. The molecule has 2 aromatic carbocycles. The summed E-state index contributed by atoms with van der Waals surface area (Å²) in [5.74, 6) is 1.04. The first kappa shape index (κ1) is 15.0. The molecule has 0 aliphatic carbocycles. The van der Waals surface area contributed by atoms with Crippen LogP contribution in [0.25, 0.3) is 10.9 Å². The Kier molecular flexibility index (Phi) is 3.93. The van der Waals surface area contributed by atoms with Gasteiger partial charge in [-0.3, -0.25) is 4.79 Å². The largest absolute Gasteiger partial charge is 0.493 e. The fourth-order valence-electron chi connectivity index (χ4n) is 2.61. The topological polar surface area (TPSA) is 52.5 Å². The van der Waals surface area contributed by atoms with Gasteiger partial charge >= 0.3 is 0 Å². The van der Waals surface area contributed by atoms with Gasteiger partial charge in [0.05, 0.1) is 14.2 Å². The summed E-state index contributed by atoms with van der Waals surface area (Å²) in [5.41, 5.74) is 2.31. The minimum Gasteiger partial charge on any atom is -0.493 e. The van der Waals surface area contributed by atoms with E-state index in [-0.39, 0.29) is 5.91 Å². The number of hydrogen-bond acceptors (Lipinski definition) is 3. The van der Waals surface area contributed by atoms with Gasteiger partial charge in [-0.25, -0.2) is 0 Å². The summed E-state index contributed by atoms with van der Waals surface area (Å²) in [6.07, 6.45) is 1.94. The van der Waals surface area contributed by atoms with Gasteiger partial charge in [-0.2, -0.15) is 0 Å². The van der Waals surface area contributed by atoms with Gasteiger partial charge in [0, 0.05) is 41.5 Å². The number of carbonyl (C=O) groups excluding carboxylic acids is 1. The first-order chi connectivity index (χ1) is 11.1. The van der Waals surface area contributed by atoms with Crippen molar-refractivity contribution in [3.05, 3.63) is 54.2 Å². The number of carbonyl (C=O) groups is 1. The van der Waals surface area contributed by atoms with Gasteiger partial charge in [0.25, 0.3) is 5.91 Å². The lowest BCUT2D eigenvalue weighted by atomic mass is 10.1. The molecule has 3 rings (SSSR count). The summed E-state index contributed by atoms with van der Waals surface area (Å²) in [6, 6.07) is 12.9. The molecule has 0 saturated heterocycles. The highest BCUT2D eigenvalue weighted by atomic mass is 16.5. The third-order valence-corrected chi connectivity index (χ3v) is 3.81. The first-order valence-corrected chi connectivity index (χ1v) is 7.21. The SMILES string of the molecule is COc1ccc(NC(=O)c2cccc3c2ccn3C)cc1OC. The molecule has 1 amide bonds. The van der Waals surface area contributed by atoms with E-state index in [0.717, 1.165) is 10.9 Å². The van der Waals surface area contributed by atoms with Crippen LogP contribution in [0.2, 0.25) is 0 Å². The Balaban J connectivity index is 1.92.